The van der Waals surface area contributed by atoms with E-state index in [1.165, 1.54) is 0 Å². The standard InChI is InChI=1S/C15H16ClN3OS/c1-8-6-13(14(15(17)21)9(2)18-8)19-12-7-10(20-3)4-5-11(12)16/h4-7H,1-3H3,(H2,17,21)(H,18,19). The van der Waals surface area contributed by atoms with Crippen LogP contribution >= 0.6 is 23.8 Å². The van der Waals surface area contributed by atoms with E-state index < -0.39 is 0 Å². The summed E-state index contributed by atoms with van der Waals surface area (Å²) in [5.41, 5.74) is 9.68. The van der Waals surface area contributed by atoms with Gasteiger partial charge in [-0.1, -0.05) is 23.8 Å². The van der Waals surface area contributed by atoms with Gasteiger partial charge in [-0.3, -0.25) is 4.98 Å². The molecule has 0 spiro atoms. The van der Waals surface area contributed by atoms with Crippen LogP contribution in [0.2, 0.25) is 5.02 Å². The second-order valence-corrected chi connectivity index (χ2v) is 5.45. The molecule has 0 radical (unpaired) electrons. The number of nitrogens with two attached hydrogens (primary N) is 1. The number of anilines is 2. The highest BCUT2D eigenvalue weighted by molar-refractivity contribution is 7.80. The maximum atomic E-state index is 6.22. The normalized spacial score (nSPS) is 10.3. The molecule has 0 saturated carbocycles. The summed E-state index contributed by atoms with van der Waals surface area (Å²) in [5, 5.41) is 3.84. The van der Waals surface area contributed by atoms with Crippen LogP contribution < -0.4 is 15.8 Å². The predicted molar refractivity (Wildman–Crippen MR) is 90.9 cm³/mol. The molecule has 1 aromatic carbocycles. The van der Waals surface area contributed by atoms with Crippen LogP contribution in [0.1, 0.15) is 17.0 Å². The Morgan fingerprint density at radius 1 is 1.29 bits per heavy atom. The van der Waals surface area contributed by atoms with Gasteiger partial charge >= 0.3 is 0 Å². The minimum absolute atomic E-state index is 0.293. The molecule has 0 aliphatic rings. The van der Waals surface area contributed by atoms with Gasteiger partial charge in [0, 0.05) is 17.5 Å². The van der Waals surface area contributed by atoms with Crippen molar-refractivity contribution in [3.63, 3.8) is 0 Å². The van der Waals surface area contributed by atoms with Crippen molar-refractivity contribution in [2.45, 2.75) is 13.8 Å². The molecule has 0 unspecified atom stereocenters. The van der Waals surface area contributed by atoms with Crippen molar-refractivity contribution < 1.29 is 4.74 Å². The van der Waals surface area contributed by atoms with Crippen molar-refractivity contribution in [2.24, 2.45) is 5.73 Å². The number of hydrogen-bond acceptors (Lipinski definition) is 4. The number of thiocarbonyl (C=S) groups is 1. The summed E-state index contributed by atoms with van der Waals surface area (Å²) in [7, 11) is 1.61. The van der Waals surface area contributed by atoms with E-state index >= 15 is 0 Å². The Balaban J connectivity index is 2.51. The zero-order chi connectivity index (χ0) is 15.6. The molecule has 1 aromatic heterocycles. The summed E-state index contributed by atoms with van der Waals surface area (Å²) in [6.45, 7) is 3.79. The van der Waals surface area contributed by atoms with Gasteiger partial charge in [-0.2, -0.15) is 0 Å². The Morgan fingerprint density at radius 2 is 2.00 bits per heavy atom. The number of rotatable bonds is 4. The molecule has 0 aliphatic carbocycles. The lowest BCUT2D eigenvalue weighted by atomic mass is 10.1. The van der Waals surface area contributed by atoms with Crippen LogP contribution in [0, 0.1) is 13.8 Å². The van der Waals surface area contributed by atoms with Crippen LogP contribution in [0.15, 0.2) is 24.3 Å². The van der Waals surface area contributed by atoms with Crippen molar-refractivity contribution in [1.82, 2.24) is 4.98 Å². The molecule has 2 rings (SSSR count). The van der Waals surface area contributed by atoms with Crippen LogP contribution in [-0.4, -0.2) is 17.1 Å². The second kappa shape index (κ2) is 6.28. The second-order valence-electron chi connectivity index (χ2n) is 4.61. The third-order valence-electron chi connectivity index (χ3n) is 3.02. The number of hydrogen-bond donors (Lipinski definition) is 2. The molecule has 4 nitrogen and oxygen atoms in total. The molecule has 0 amide bonds. The van der Waals surface area contributed by atoms with Crippen molar-refractivity contribution in [3.8, 4) is 5.75 Å². The van der Waals surface area contributed by atoms with Gasteiger partial charge in [-0.15, -0.1) is 0 Å². The molecule has 2 aromatic rings. The number of pyridine rings is 1. The molecular weight excluding hydrogens is 306 g/mol. The first-order valence-corrected chi connectivity index (χ1v) is 7.09. The Bertz CT molecular complexity index is 704. The fourth-order valence-electron chi connectivity index (χ4n) is 2.11. The van der Waals surface area contributed by atoms with E-state index in [9.17, 15) is 0 Å². The van der Waals surface area contributed by atoms with Crippen LogP contribution in [-0.2, 0) is 0 Å². The third kappa shape index (κ3) is 3.43. The minimum Gasteiger partial charge on any atom is -0.497 e. The first-order chi connectivity index (χ1) is 9.92. The fraction of sp³-hybridized carbons (Fsp3) is 0.200. The molecule has 6 heteroatoms. The highest BCUT2D eigenvalue weighted by atomic mass is 35.5. The molecule has 0 fully saturated rings. The summed E-state index contributed by atoms with van der Waals surface area (Å²) in [4.78, 5) is 4.68. The van der Waals surface area contributed by atoms with E-state index in [1.807, 2.05) is 26.0 Å². The van der Waals surface area contributed by atoms with Crippen molar-refractivity contribution in [1.29, 1.82) is 0 Å². The first kappa shape index (κ1) is 15.5. The number of benzene rings is 1. The topological polar surface area (TPSA) is 60.2 Å². The zero-order valence-corrected chi connectivity index (χ0v) is 13.6. The van der Waals surface area contributed by atoms with E-state index in [-0.39, 0.29) is 0 Å². The third-order valence-corrected chi connectivity index (χ3v) is 3.55. The summed E-state index contributed by atoms with van der Waals surface area (Å²) < 4.78 is 5.21. The van der Waals surface area contributed by atoms with Gasteiger partial charge in [0.2, 0.25) is 0 Å². The van der Waals surface area contributed by atoms with Gasteiger partial charge in [-0.25, -0.2) is 0 Å². The molecule has 21 heavy (non-hydrogen) atoms. The quantitative estimate of drug-likeness (QED) is 0.840. The van der Waals surface area contributed by atoms with Gasteiger partial charge in [-0.05, 0) is 32.0 Å². The lowest BCUT2D eigenvalue weighted by molar-refractivity contribution is 0.415. The van der Waals surface area contributed by atoms with Crippen molar-refractivity contribution >= 4 is 40.2 Å². The van der Waals surface area contributed by atoms with Crippen LogP contribution in [0.3, 0.4) is 0 Å². The van der Waals surface area contributed by atoms with E-state index in [2.05, 4.69) is 10.3 Å². The number of nitrogens with one attached hydrogen (secondary N) is 1. The number of nitrogens with zero attached hydrogens (tertiary/aromatic N) is 1. The predicted octanol–water partition coefficient (Wildman–Crippen LogP) is 3.74. The lowest BCUT2D eigenvalue weighted by Crippen LogP contribution is -2.15. The summed E-state index contributed by atoms with van der Waals surface area (Å²) in [5.74, 6) is 0.710. The van der Waals surface area contributed by atoms with E-state index in [0.717, 1.165) is 28.3 Å². The molecule has 0 saturated heterocycles. The zero-order valence-electron chi connectivity index (χ0n) is 12.0. The molecule has 0 bridgehead atoms. The van der Waals surface area contributed by atoms with E-state index in [1.54, 1.807) is 19.2 Å². The van der Waals surface area contributed by atoms with E-state index in [0.29, 0.717) is 15.8 Å². The van der Waals surface area contributed by atoms with Crippen LogP contribution in [0.25, 0.3) is 0 Å². The Hall–Kier alpha value is -1.85. The number of aromatic nitrogens is 1. The summed E-state index contributed by atoms with van der Waals surface area (Å²) >= 11 is 11.3. The largest absolute Gasteiger partial charge is 0.497 e. The van der Waals surface area contributed by atoms with Crippen LogP contribution in [0.4, 0.5) is 11.4 Å². The highest BCUT2D eigenvalue weighted by Crippen LogP contribution is 2.31. The summed E-state index contributed by atoms with van der Waals surface area (Å²) in [6.07, 6.45) is 0. The van der Waals surface area contributed by atoms with Gasteiger partial charge < -0.3 is 15.8 Å². The monoisotopic (exact) mass is 321 g/mol. The molecule has 0 atom stereocenters. The smallest absolute Gasteiger partial charge is 0.121 e. The van der Waals surface area contributed by atoms with Gasteiger partial charge in [0.15, 0.2) is 0 Å². The Kier molecular flexibility index (Phi) is 4.65. The van der Waals surface area contributed by atoms with Gasteiger partial charge in [0.05, 0.1) is 29.1 Å². The fourth-order valence-corrected chi connectivity index (χ4v) is 2.53. The minimum atomic E-state index is 0.293. The van der Waals surface area contributed by atoms with Gasteiger partial charge in [0.1, 0.15) is 10.7 Å². The number of halogens is 1. The summed E-state index contributed by atoms with van der Waals surface area (Å²) in [6, 6.07) is 7.27. The molecule has 110 valence electrons. The first-order valence-electron chi connectivity index (χ1n) is 6.31. The highest BCUT2D eigenvalue weighted by Gasteiger charge is 2.13. The lowest BCUT2D eigenvalue weighted by Gasteiger charge is -2.15. The van der Waals surface area contributed by atoms with E-state index in [4.69, 9.17) is 34.3 Å². The average molecular weight is 322 g/mol. The molecule has 3 N–H and O–H groups in total. The maximum absolute atomic E-state index is 6.22. The maximum Gasteiger partial charge on any atom is 0.121 e. The van der Waals surface area contributed by atoms with Crippen molar-refractivity contribution in [3.05, 3.63) is 46.2 Å². The number of methoxy groups -OCH3 is 1. The molecule has 0 aliphatic heterocycles. The molecule has 1 heterocycles. The van der Waals surface area contributed by atoms with Gasteiger partial charge in [0.25, 0.3) is 0 Å². The Labute approximate surface area is 134 Å². The number of aryl methyl sites for hydroxylation is 2. The average Bonchev–Trinajstić information content (AvgIpc) is 2.40. The number of ether oxygens (including phenoxy) is 1. The van der Waals surface area contributed by atoms with Crippen LogP contribution in [0.5, 0.6) is 5.75 Å². The van der Waals surface area contributed by atoms with Crippen molar-refractivity contribution in [2.75, 3.05) is 12.4 Å². The molecular formula is C15H16ClN3OS. The Morgan fingerprint density at radius 3 is 2.62 bits per heavy atom. The SMILES string of the molecule is COc1ccc(Cl)c(Nc2cc(C)nc(C)c2C(N)=S)c1.